The Morgan fingerprint density at radius 1 is 1.45 bits per heavy atom. The minimum atomic E-state index is -0.493. The number of carbonyl (C=O) groups excluding carboxylic acids is 1. The van der Waals surface area contributed by atoms with Crippen LogP contribution in [0.25, 0.3) is 0 Å². The van der Waals surface area contributed by atoms with Gasteiger partial charge in [-0.05, 0) is 50.6 Å². The van der Waals surface area contributed by atoms with Crippen molar-refractivity contribution in [2.24, 2.45) is 0 Å². The van der Waals surface area contributed by atoms with Crippen molar-refractivity contribution in [2.45, 2.75) is 32.2 Å². The molecule has 0 radical (unpaired) electrons. The summed E-state index contributed by atoms with van der Waals surface area (Å²) in [6.45, 7) is 4.64. The summed E-state index contributed by atoms with van der Waals surface area (Å²) in [6.07, 6.45) is 2.83. The Labute approximate surface area is 124 Å². The molecular weight excluding hydrogens is 279 g/mol. The molecule has 0 bridgehead atoms. The van der Waals surface area contributed by atoms with Crippen molar-refractivity contribution in [1.29, 1.82) is 0 Å². The molecule has 1 saturated heterocycles. The molecule has 20 heavy (non-hydrogen) atoms. The number of hydrogen-bond donors (Lipinski definition) is 1. The highest BCUT2D eigenvalue weighted by Gasteiger charge is 2.25. The van der Waals surface area contributed by atoms with Gasteiger partial charge in [0.2, 0.25) is 0 Å². The van der Waals surface area contributed by atoms with Crippen molar-refractivity contribution in [3.8, 4) is 0 Å². The number of nitrogens with zero attached hydrogens (tertiary/aromatic N) is 1. The second-order valence-corrected chi connectivity index (χ2v) is 5.52. The summed E-state index contributed by atoms with van der Waals surface area (Å²) in [4.78, 5) is 14.5. The lowest BCUT2D eigenvalue weighted by Gasteiger charge is -2.34. The number of amides is 1. The molecule has 1 aromatic carbocycles. The molecule has 1 heterocycles. The third-order valence-electron chi connectivity index (χ3n) is 3.64. The largest absolute Gasteiger partial charge is 0.336 e. The van der Waals surface area contributed by atoms with E-state index in [0.717, 1.165) is 38.9 Å². The first kappa shape index (κ1) is 15.3. The average Bonchev–Trinajstić information content (AvgIpc) is 2.48. The van der Waals surface area contributed by atoms with E-state index in [4.69, 9.17) is 11.6 Å². The zero-order valence-electron chi connectivity index (χ0n) is 11.7. The number of benzene rings is 1. The summed E-state index contributed by atoms with van der Waals surface area (Å²) in [5.74, 6) is -0.548. The Morgan fingerprint density at radius 2 is 2.15 bits per heavy atom. The molecule has 1 aliphatic rings. The molecule has 3 nitrogen and oxygen atoms in total. The highest BCUT2D eigenvalue weighted by molar-refractivity contribution is 6.31. The van der Waals surface area contributed by atoms with Crippen LogP contribution in [0.3, 0.4) is 0 Å². The topological polar surface area (TPSA) is 32.3 Å². The molecule has 110 valence electrons. The predicted octanol–water partition coefficient (Wildman–Crippen LogP) is 3.08. The van der Waals surface area contributed by atoms with Crippen molar-refractivity contribution in [2.75, 3.05) is 19.6 Å². The highest BCUT2D eigenvalue weighted by Crippen LogP contribution is 2.20. The average molecular weight is 299 g/mol. The molecule has 1 N–H and O–H groups in total. The van der Waals surface area contributed by atoms with E-state index in [1.165, 1.54) is 18.2 Å². The lowest BCUT2D eigenvalue weighted by atomic mass is 10.0. The predicted molar refractivity (Wildman–Crippen MR) is 78.6 cm³/mol. The van der Waals surface area contributed by atoms with Gasteiger partial charge < -0.3 is 10.2 Å². The maximum absolute atomic E-state index is 13.2. The highest BCUT2D eigenvalue weighted by atomic mass is 35.5. The smallest absolute Gasteiger partial charge is 0.254 e. The normalized spacial score (nSPS) is 16.1. The minimum Gasteiger partial charge on any atom is -0.336 e. The molecule has 5 heteroatoms. The van der Waals surface area contributed by atoms with Crippen molar-refractivity contribution in [3.63, 3.8) is 0 Å². The van der Waals surface area contributed by atoms with E-state index in [1.54, 1.807) is 0 Å². The van der Waals surface area contributed by atoms with Gasteiger partial charge in [-0.3, -0.25) is 4.79 Å². The standard InChI is InChI=1S/C15H20ClFN2O/c1-2-9-19(12-5-7-18-8-6-12)15(20)11-3-4-14(17)13(16)10-11/h3-4,10,12,18H,2,5-9H2,1H3. The van der Waals surface area contributed by atoms with Crippen molar-refractivity contribution in [3.05, 3.63) is 34.6 Å². The van der Waals surface area contributed by atoms with E-state index in [2.05, 4.69) is 12.2 Å². The first-order valence-corrected chi connectivity index (χ1v) is 7.48. The van der Waals surface area contributed by atoms with Crippen LogP contribution >= 0.6 is 11.6 Å². The number of hydrogen-bond acceptors (Lipinski definition) is 2. The Bertz CT molecular complexity index is 475. The van der Waals surface area contributed by atoms with E-state index in [0.29, 0.717) is 5.56 Å². The van der Waals surface area contributed by atoms with Gasteiger partial charge in [-0.1, -0.05) is 18.5 Å². The van der Waals surface area contributed by atoms with Crippen molar-refractivity contribution < 1.29 is 9.18 Å². The zero-order chi connectivity index (χ0) is 14.5. The molecule has 0 spiro atoms. The molecule has 0 aromatic heterocycles. The lowest BCUT2D eigenvalue weighted by Crippen LogP contribution is -2.46. The van der Waals surface area contributed by atoms with Crippen LogP contribution in [0.5, 0.6) is 0 Å². The van der Waals surface area contributed by atoms with E-state index in [9.17, 15) is 9.18 Å². The Balaban J connectivity index is 2.18. The maximum atomic E-state index is 13.2. The van der Waals surface area contributed by atoms with Crippen LogP contribution in [0.1, 0.15) is 36.5 Å². The zero-order valence-corrected chi connectivity index (χ0v) is 12.4. The fourth-order valence-electron chi connectivity index (χ4n) is 2.60. The Morgan fingerprint density at radius 3 is 2.75 bits per heavy atom. The second-order valence-electron chi connectivity index (χ2n) is 5.11. The molecule has 0 saturated carbocycles. The van der Waals surface area contributed by atoms with E-state index in [-0.39, 0.29) is 17.0 Å². The molecule has 1 aromatic rings. The number of nitrogens with one attached hydrogen (secondary N) is 1. The molecule has 1 fully saturated rings. The summed E-state index contributed by atoms with van der Waals surface area (Å²) in [7, 11) is 0. The molecule has 1 amide bonds. The van der Waals surface area contributed by atoms with Crippen LogP contribution < -0.4 is 5.32 Å². The van der Waals surface area contributed by atoms with Gasteiger partial charge in [0.25, 0.3) is 5.91 Å². The molecular formula is C15H20ClFN2O. The summed E-state index contributed by atoms with van der Waals surface area (Å²) in [6, 6.07) is 4.44. The van der Waals surface area contributed by atoms with Crippen LogP contribution in [0.15, 0.2) is 18.2 Å². The van der Waals surface area contributed by atoms with Crippen LogP contribution in [0.2, 0.25) is 5.02 Å². The third kappa shape index (κ3) is 3.49. The third-order valence-corrected chi connectivity index (χ3v) is 3.93. The summed E-state index contributed by atoms with van der Waals surface area (Å²) in [5.41, 5.74) is 0.461. The van der Waals surface area contributed by atoms with Crippen LogP contribution in [-0.4, -0.2) is 36.5 Å². The van der Waals surface area contributed by atoms with Gasteiger partial charge in [-0.15, -0.1) is 0 Å². The van der Waals surface area contributed by atoms with Gasteiger partial charge in [-0.2, -0.15) is 0 Å². The van der Waals surface area contributed by atoms with Gasteiger partial charge in [0.05, 0.1) is 5.02 Å². The minimum absolute atomic E-state index is 0.00221. The quantitative estimate of drug-likeness (QED) is 0.926. The van der Waals surface area contributed by atoms with Crippen molar-refractivity contribution in [1.82, 2.24) is 10.2 Å². The molecule has 0 atom stereocenters. The molecule has 0 aliphatic carbocycles. The molecule has 2 rings (SSSR count). The monoisotopic (exact) mass is 298 g/mol. The van der Waals surface area contributed by atoms with Crippen LogP contribution in [-0.2, 0) is 0 Å². The fraction of sp³-hybridized carbons (Fsp3) is 0.533. The first-order valence-electron chi connectivity index (χ1n) is 7.10. The maximum Gasteiger partial charge on any atom is 0.254 e. The van der Waals surface area contributed by atoms with E-state index in [1.807, 2.05) is 4.90 Å². The van der Waals surface area contributed by atoms with Gasteiger partial charge in [0.1, 0.15) is 5.82 Å². The van der Waals surface area contributed by atoms with Gasteiger partial charge in [-0.25, -0.2) is 4.39 Å². The van der Waals surface area contributed by atoms with Gasteiger partial charge >= 0.3 is 0 Å². The van der Waals surface area contributed by atoms with Gasteiger partial charge in [0, 0.05) is 18.2 Å². The first-order chi connectivity index (χ1) is 9.63. The molecule has 0 unspecified atom stereocenters. The number of halogens is 2. The van der Waals surface area contributed by atoms with Crippen LogP contribution in [0, 0.1) is 5.82 Å². The van der Waals surface area contributed by atoms with Crippen LogP contribution in [0.4, 0.5) is 4.39 Å². The van der Waals surface area contributed by atoms with Gasteiger partial charge in [0.15, 0.2) is 0 Å². The fourth-order valence-corrected chi connectivity index (χ4v) is 2.78. The molecule has 1 aliphatic heterocycles. The summed E-state index contributed by atoms with van der Waals surface area (Å²) >= 11 is 5.77. The second kappa shape index (κ2) is 7.04. The Hall–Kier alpha value is -1.13. The Kier molecular flexibility index (Phi) is 5.38. The van der Waals surface area contributed by atoms with E-state index < -0.39 is 5.82 Å². The van der Waals surface area contributed by atoms with Crippen molar-refractivity contribution >= 4 is 17.5 Å². The number of carbonyl (C=O) groups is 1. The SMILES string of the molecule is CCCN(C(=O)c1ccc(F)c(Cl)c1)C1CCNCC1. The lowest BCUT2D eigenvalue weighted by molar-refractivity contribution is 0.0642. The van der Waals surface area contributed by atoms with E-state index >= 15 is 0 Å². The summed E-state index contributed by atoms with van der Waals surface area (Å²) in [5, 5.41) is 3.30. The number of rotatable bonds is 4. The summed E-state index contributed by atoms with van der Waals surface area (Å²) < 4.78 is 13.2. The number of piperidine rings is 1.